The van der Waals surface area contributed by atoms with Gasteiger partial charge in [0.1, 0.15) is 0 Å². The Balaban J connectivity index is 2.07. The first-order valence-corrected chi connectivity index (χ1v) is 5.50. The molecule has 0 spiro atoms. The molecule has 0 atom stereocenters. The molecule has 18 heavy (non-hydrogen) atoms. The fraction of sp³-hybridized carbons (Fsp3) is 0.0833. The SMILES string of the molecule is Cc1ccc(Nc2nccc3n[nH]c(=O)n23)cc1. The zero-order chi connectivity index (χ0) is 12.5. The molecule has 3 rings (SSSR count). The first-order valence-electron chi connectivity index (χ1n) is 5.50. The van der Waals surface area contributed by atoms with Crippen molar-refractivity contribution < 1.29 is 0 Å². The van der Waals surface area contributed by atoms with Gasteiger partial charge in [-0.15, -0.1) is 0 Å². The summed E-state index contributed by atoms with van der Waals surface area (Å²) in [5.74, 6) is 0.440. The molecule has 2 aromatic heterocycles. The maximum atomic E-state index is 11.6. The molecule has 90 valence electrons. The van der Waals surface area contributed by atoms with Gasteiger partial charge in [0, 0.05) is 18.0 Å². The van der Waals surface area contributed by atoms with Crippen LogP contribution in [0.3, 0.4) is 0 Å². The second kappa shape index (κ2) is 3.99. The van der Waals surface area contributed by atoms with E-state index < -0.39 is 0 Å². The van der Waals surface area contributed by atoms with Crippen LogP contribution in [0.15, 0.2) is 41.3 Å². The van der Waals surface area contributed by atoms with Gasteiger partial charge in [-0.3, -0.25) is 0 Å². The number of hydrogen-bond donors (Lipinski definition) is 2. The Hall–Kier alpha value is -2.63. The van der Waals surface area contributed by atoms with Gasteiger partial charge in [0.15, 0.2) is 5.65 Å². The van der Waals surface area contributed by atoms with Crippen LogP contribution in [0.4, 0.5) is 11.6 Å². The van der Waals surface area contributed by atoms with Crippen LogP contribution >= 0.6 is 0 Å². The maximum Gasteiger partial charge on any atom is 0.350 e. The zero-order valence-electron chi connectivity index (χ0n) is 9.71. The first kappa shape index (κ1) is 10.5. The maximum absolute atomic E-state index is 11.6. The summed E-state index contributed by atoms with van der Waals surface area (Å²) in [6.07, 6.45) is 1.60. The van der Waals surface area contributed by atoms with Crippen molar-refractivity contribution in [1.29, 1.82) is 0 Å². The van der Waals surface area contributed by atoms with Gasteiger partial charge >= 0.3 is 5.69 Å². The van der Waals surface area contributed by atoms with Crippen LogP contribution in [0, 0.1) is 6.92 Å². The predicted octanol–water partition coefficient (Wildman–Crippen LogP) is 1.47. The summed E-state index contributed by atoms with van der Waals surface area (Å²) >= 11 is 0. The van der Waals surface area contributed by atoms with Crippen LogP contribution in [-0.4, -0.2) is 19.6 Å². The van der Waals surface area contributed by atoms with E-state index >= 15 is 0 Å². The van der Waals surface area contributed by atoms with Gasteiger partial charge in [-0.1, -0.05) is 17.7 Å². The molecular formula is C12H11N5O. The van der Waals surface area contributed by atoms with Crippen molar-refractivity contribution in [2.24, 2.45) is 0 Å². The van der Waals surface area contributed by atoms with E-state index in [2.05, 4.69) is 20.5 Å². The second-order valence-corrected chi connectivity index (χ2v) is 3.98. The standard InChI is InChI=1S/C12H11N5O/c1-8-2-4-9(5-3-8)14-11-13-7-6-10-15-16-12(18)17(10)11/h2-7H,1H3,(H,13,14)(H,16,18). The molecule has 0 fully saturated rings. The van der Waals surface area contributed by atoms with Crippen LogP contribution in [0.5, 0.6) is 0 Å². The van der Waals surface area contributed by atoms with Gasteiger partial charge in [-0.2, -0.15) is 5.10 Å². The number of hydrogen-bond acceptors (Lipinski definition) is 4. The molecule has 0 radical (unpaired) electrons. The lowest BCUT2D eigenvalue weighted by Crippen LogP contribution is -2.13. The molecule has 0 saturated carbocycles. The number of aryl methyl sites for hydroxylation is 1. The minimum absolute atomic E-state index is 0.312. The Bertz CT molecular complexity index is 741. The van der Waals surface area contributed by atoms with Gasteiger partial charge in [-0.25, -0.2) is 19.3 Å². The minimum atomic E-state index is -0.312. The van der Waals surface area contributed by atoms with Crippen LogP contribution in [0.1, 0.15) is 5.56 Å². The van der Waals surface area contributed by atoms with E-state index in [4.69, 9.17) is 0 Å². The highest BCUT2D eigenvalue weighted by Gasteiger charge is 2.06. The summed E-state index contributed by atoms with van der Waals surface area (Å²) in [6.45, 7) is 2.02. The Kier molecular flexibility index (Phi) is 2.33. The Morgan fingerprint density at radius 1 is 1.22 bits per heavy atom. The van der Waals surface area contributed by atoms with E-state index in [1.165, 1.54) is 9.96 Å². The summed E-state index contributed by atoms with van der Waals surface area (Å²) in [4.78, 5) is 15.8. The molecule has 6 nitrogen and oxygen atoms in total. The summed E-state index contributed by atoms with van der Waals surface area (Å²) in [5, 5.41) is 9.36. The molecule has 1 aromatic carbocycles. The molecule has 0 saturated heterocycles. The third-order valence-corrected chi connectivity index (χ3v) is 2.64. The average Bonchev–Trinajstić information content (AvgIpc) is 2.75. The smallest absolute Gasteiger partial charge is 0.325 e. The molecule has 2 N–H and O–H groups in total. The average molecular weight is 241 g/mol. The number of nitrogens with zero attached hydrogens (tertiary/aromatic N) is 3. The van der Waals surface area contributed by atoms with Gasteiger partial charge in [0.2, 0.25) is 5.95 Å². The highest BCUT2D eigenvalue weighted by molar-refractivity contribution is 5.56. The molecule has 3 aromatic rings. The number of aromatic amines is 1. The van der Waals surface area contributed by atoms with Crippen LogP contribution < -0.4 is 11.0 Å². The number of H-pyrrole nitrogens is 1. The summed E-state index contributed by atoms with van der Waals surface area (Å²) in [6, 6.07) is 9.50. The molecule has 0 aliphatic heterocycles. The lowest BCUT2D eigenvalue weighted by atomic mass is 10.2. The van der Waals surface area contributed by atoms with Crippen molar-refractivity contribution in [1.82, 2.24) is 19.6 Å². The fourth-order valence-corrected chi connectivity index (χ4v) is 1.71. The monoisotopic (exact) mass is 241 g/mol. The van der Waals surface area contributed by atoms with Gasteiger partial charge < -0.3 is 5.32 Å². The summed E-state index contributed by atoms with van der Waals surface area (Å²) in [5.41, 5.74) is 2.26. The number of anilines is 2. The lowest BCUT2D eigenvalue weighted by molar-refractivity contribution is 1.00. The van der Waals surface area contributed by atoms with E-state index in [1.54, 1.807) is 12.3 Å². The van der Waals surface area contributed by atoms with Crippen molar-refractivity contribution in [3.63, 3.8) is 0 Å². The van der Waals surface area contributed by atoms with Crippen molar-refractivity contribution in [3.05, 3.63) is 52.6 Å². The van der Waals surface area contributed by atoms with Crippen molar-refractivity contribution in [2.75, 3.05) is 5.32 Å². The first-order chi connectivity index (χ1) is 8.74. The molecule has 0 aliphatic carbocycles. The van der Waals surface area contributed by atoms with E-state index in [0.717, 1.165) is 5.69 Å². The molecule has 0 amide bonds. The number of fused-ring (bicyclic) bond motifs is 1. The summed E-state index contributed by atoms with van der Waals surface area (Å²) in [7, 11) is 0. The number of aromatic nitrogens is 4. The Labute approximate surface area is 102 Å². The summed E-state index contributed by atoms with van der Waals surface area (Å²) < 4.78 is 1.39. The topological polar surface area (TPSA) is 75.1 Å². The number of rotatable bonds is 2. The van der Waals surface area contributed by atoms with E-state index in [-0.39, 0.29) is 5.69 Å². The minimum Gasteiger partial charge on any atom is -0.325 e. The van der Waals surface area contributed by atoms with Crippen LogP contribution in [-0.2, 0) is 0 Å². The Morgan fingerprint density at radius 3 is 2.78 bits per heavy atom. The highest BCUT2D eigenvalue weighted by atomic mass is 16.1. The molecule has 2 heterocycles. The van der Waals surface area contributed by atoms with Crippen LogP contribution in [0.25, 0.3) is 5.65 Å². The van der Waals surface area contributed by atoms with Gasteiger partial charge in [-0.05, 0) is 19.1 Å². The lowest BCUT2D eigenvalue weighted by Gasteiger charge is -2.06. The van der Waals surface area contributed by atoms with Crippen molar-refractivity contribution >= 4 is 17.3 Å². The van der Waals surface area contributed by atoms with Crippen molar-refractivity contribution in [2.45, 2.75) is 6.92 Å². The zero-order valence-corrected chi connectivity index (χ0v) is 9.71. The molecule has 0 bridgehead atoms. The molecule has 6 heteroatoms. The number of nitrogens with one attached hydrogen (secondary N) is 2. The largest absolute Gasteiger partial charge is 0.350 e. The van der Waals surface area contributed by atoms with E-state index in [1.807, 2.05) is 31.2 Å². The van der Waals surface area contributed by atoms with E-state index in [0.29, 0.717) is 11.6 Å². The molecular weight excluding hydrogens is 230 g/mol. The molecule has 0 unspecified atom stereocenters. The third-order valence-electron chi connectivity index (χ3n) is 2.64. The Morgan fingerprint density at radius 2 is 2.00 bits per heavy atom. The van der Waals surface area contributed by atoms with Gasteiger partial charge in [0.05, 0.1) is 0 Å². The third kappa shape index (κ3) is 1.73. The van der Waals surface area contributed by atoms with Gasteiger partial charge in [0.25, 0.3) is 0 Å². The molecule has 0 aliphatic rings. The van der Waals surface area contributed by atoms with Crippen molar-refractivity contribution in [3.8, 4) is 0 Å². The van der Waals surface area contributed by atoms with E-state index in [9.17, 15) is 4.79 Å². The fourth-order valence-electron chi connectivity index (χ4n) is 1.71. The quantitative estimate of drug-likeness (QED) is 0.712. The number of benzene rings is 1. The normalized spacial score (nSPS) is 10.7. The second-order valence-electron chi connectivity index (χ2n) is 3.98. The highest BCUT2D eigenvalue weighted by Crippen LogP contribution is 2.14. The van der Waals surface area contributed by atoms with Crippen LogP contribution in [0.2, 0.25) is 0 Å². The predicted molar refractivity (Wildman–Crippen MR) is 68.1 cm³/mol.